The van der Waals surface area contributed by atoms with E-state index in [2.05, 4.69) is 20.3 Å². The Bertz CT molecular complexity index is 914. The maximum absolute atomic E-state index is 12.6. The summed E-state index contributed by atoms with van der Waals surface area (Å²) in [4.78, 5) is 24.9. The first-order valence-corrected chi connectivity index (χ1v) is 8.50. The molecule has 138 valence electrons. The maximum atomic E-state index is 12.6. The summed E-state index contributed by atoms with van der Waals surface area (Å²) < 4.78 is 5.43. The van der Waals surface area contributed by atoms with Gasteiger partial charge < -0.3 is 15.8 Å². The molecule has 1 heterocycles. The molecular weight excluding hydrogens is 342 g/mol. The number of nitrogens with two attached hydrogens (primary N) is 1. The SMILES string of the molecule is CC(C)(C(=O)OCc1nc(N)nc(Nc2ccccc2)n1)c1ccccc1. The summed E-state index contributed by atoms with van der Waals surface area (Å²) in [6, 6.07) is 18.9. The number of esters is 1. The van der Waals surface area contributed by atoms with Gasteiger partial charge in [0.25, 0.3) is 0 Å². The molecule has 7 nitrogen and oxygen atoms in total. The smallest absolute Gasteiger partial charge is 0.316 e. The fourth-order valence-corrected chi connectivity index (χ4v) is 2.49. The molecular formula is C20H21N5O2. The number of nitrogens with zero attached hydrogens (tertiary/aromatic N) is 3. The van der Waals surface area contributed by atoms with Gasteiger partial charge in [0.2, 0.25) is 11.9 Å². The molecule has 27 heavy (non-hydrogen) atoms. The van der Waals surface area contributed by atoms with Crippen molar-refractivity contribution in [1.82, 2.24) is 15.0 Å². The van der Waals surface area contributed by atoms with Gasteiger partial charge in [-0.15, -0.1) is 0 Å². The number of para-hydroxylation sites is 1. The number of hydrogen-bond donors (Lipinski definition) is 2. The van der Waals surface area contributed by atoms with Crippen LogP contribution in [0.2, 0.25) is 0 Å². The summed E-state index contributed by atoms with van der Waals surface area (Å²) in [7, 11) is 0. The van der Waals surface area contributed by atoms with E-state index in [1.807, 2.05) is 74.5 Å². The van der Waals surface area contributed by atoms with Crippen LogP contribution in [-0.2, 0) is 21.6 Å². The van der Waals surface area contributed by atoms with Crippen molar-refractivity contribution in [2.24, 2.45) is 0 Å². The largest absolute Gasteiger partial charge is 0.457 e. The Kier molecular flexibility index (Phi) is 5.30. The molecule has 0 radical (unpaired) electrons. The highest BCUT2D eigenvalue weighted by molar-refractivity contribution is 5.82. The zero-order chi connectivity index (χ0) is 19.3. The van der Waals surface area contributed by atoms with E-state index < -0.39 is 5.41 Å². The summed E-state index contributed by atoms with van der Waals surface area (Å²) >= 11 is 0. The van der Waals surface area contributed by atoms with Crippen molar-refractivity contribution in [3.8, 4) is 0 Å². The van der Waals surface area contributed by atoms with Crippen LogP contribution in [0.3, 0.4) is 0 Å². The van der Waals surface area contributed by atoms with E-state index in [1.54, 1.807) is 0 Å². The van der Waals surface area contributed by atoms with Gasteiger partial charge in [0.15, 0.2) is 12.4 Å². The van der Waals surface area contributed by atoms with Crippen molar-refractivity contribution in [3.63, 3.8) is 0 Å². The molecule has 3 N–H and O–H groups in total. The average molecular weight is 363 g/mol. The van der Waals surface area contributed by atoms with Gasteiger partial charge in [-0.1, -0.05) is 48.5 Å². The lowest BCUT2D eigenvalue weighted by Gasteiger charge is -2.22. The minimum Gasteiger partial charge on any atom is -0.457 e. The zero-order valence-electron chi connectivity index (χ0n) is 15.2. The van der Waals surface area contributed by atoms with Crippen molar-refractivity contribution in [2.45, 2.75) is 25.9 Å². The molecule has 7 heteroatoms. The van der Waals surface area contributed by atoms with Crippen molar-refractivity contribution in [2.75, 3.05) is 11.1 Å². The summed E-state index contributed by atoms with van der Waals surface area (Å²) in [6.07, 6.45) is 0. The molecule has 0 saturated heterocycles. The highest BCUT2D eigenvalue weighted by Gasteiger charge is 2.31. The molecule has 0 aliphatic carbocycles. The van der Waals surface area contributed by atoms with Gasteiger partial charge in [0.05, 0.1) is 5.41 Å². The first-order chi connectivity index (χ1) is 12.9. The average Bonchev–Trinajstić information content (AvgIpc) is 2.67. The number of carbonyl (C=O) groups is 1. The molecule has 2 aromatic carbocycles. The molecule has 0 saturated carbocycles. The van der Waals surface area contributed by atoms with Crippen molar-refractivity contribution in [3.05, 3.63) is 72.1 Å². The van der Waals surface area contributed by atoms with Crippen LogP contribution in [0.25, 0.3) is 0 Å². The van der Waals surface area contributed by atoms with E-state index in [9.17, 15) is 4.79 Å². The minimum absolute atomic E-state index is 0.0526. The van der Waals surface area contributed by atoms with Gasteiger partial charge in [0, 0.05) is 5.69 Å². The quantitative estimate of drug-likeness (QED) is 0.648. The van der Waals surface area contributed by atoms with E-state index in [0.29, 0.717) is 5.95 Å². The van der Waals surface area contributed by atoms with Gasteiger partial charge in [-0.05, 0) is 31.5 Å². The second-order valence-corrected chi connectivity index (χ2v) is 6.49. The molecule has 0 aliphatic heterocycles. The van der Waals surface area contributed by atoms with Crippen LogP contribution in [0.15, 0.2) is 60.7 Å². The molecule has 0 unspecified atom stereocenters. The molecule has 0 aliphatic rings. The first-order valence-electron chi connectivity index (χ1n) is 8.50. The minimum atomic E-state index is -0.787. The Labute approximate surface area is 157 Å². The molecule has 3 aromatic rings. The Hall–Kier alpha value is -3.48. The number of anilines is 3. The van der Waals surface area contributed by atoms with Gasteiger partial charge in [-0.25, -0.2) is 0 Å². The Morgan fingerprint density at radius 3 is 2.30 bits per heavy atom. The van der Waals surface area contributed by atoms with Crippen LogP contribution >= 0.6 is 0 Å². The van der Waals surface area contributed by atoms with Crippen LogP contribution in [0.5, 0.6) is 0 Å². The fraction of sp³-hybridized carbons (Fsp3) is 0.200. The van der Waals surface area contributed by atoms with Gasteiger partial charge in [-0.2, -0.15) is 15.0 Å². The number of carbonyl (C=O) groups excluding carboxylic acids is 1. The van der Waals surface area contributed by atoms with E-state index >= 15 is 0 Å². The summed E-state index contributed by atoms with van der Waals surface area (Å²) in [5, 5.41) is 3.05. The molecule has 1 aromatic heterocycles. The molecule has 0 spiro atoms. The number of nitrogens with one attached hydrogen (secondary N) is 1. The van der Waals surface area contributed by atoms with Crippen molar-refractivity contribution < 1.29 is 9.53 Å². The lowest BCUT2D eigenvalue weighted by atomic mass is 9.85. The topological polar surface area (TPSA) is 103 Å². The van der Waals surface area contributed by atoms with E-state index in [0.717, 1.165) is 11.3 Å². The number of aromatic nitrogens is 3. The monoisotopic (exact) mass is 363 g/mol. The third-order valence-corrected chi connectivity index (χ3v) is 4.07. The third-order valence-electron chi connectivity index (χ3n) is 4.07. The number of benzene rings is 2. The fourth-order valence-electron chi connectivity index (χ4n) is 2.49. The predicted molar refractivity (Wildman–Crippen MR) is 103 cm³/mol. The second kappa shape index (κ2) is 7.82. The van der Waals surface area contributed by atoms with Gasteiger partial charge in [0.1, 0.15) is 0 Å². The molecule has 0 bridgehead atoms. The number of hydrogen-bond acceptors (Lipinski definition) is 7. The lowest BCUT2D eigenvalue weighted by molar-refractivity contribution is -0.151. The van der Waals surface area contributed by atoms with Crippen molar-refractivity contribution in [1.29, 1.82) is 0 Å². The van der Waals surface area contributed by atoms with E-state index in [-0.39, 0.29) is 24.3 Å². The summed E-state index contributed by atoms with van der Waals surface area (Å²) in [5.41, 5.74) is 6.65. The molecule has 0 fully saturated rings. The van der Waals surface area contributed by atoms with Crippen LogP contribution in [0.4, 0.5) is 17.6 Å². The van der Waals surface area contributed by atoms with Crippen molar-refractivity contribution >= 4 is 23.6 Å². The Morgan fingerprint density at radius 1 is 1.00 bits per heavy atom. The van der Waals surface area contributed by atoms with Crippen LogP contribution < -0.4 is 11.1 Å². The van der Waals surface area contributed by atoms with Gasteiger partial charge >= 0.3 is 5.97 Å². The number of ether oxygens (including phenoxy) is 1. The third kappa shape index (κ3) is 4.58. The summed E-state index contributed by atoms with van der Waals surface area (Å²) in [6.45, 7) is 3.54. The first kappa shape index (κ1) is 18.3. The standard InChI is InChI=1S/C20H21N5O2/c1-20(2,14-9-5-3-6-10-14)17(26)27-13-16-23-18(21)25-19(24-16)22-15-11-7-4-8-12-15/h3-12H,13H2,1-2H3,(H3,21,22,23,24,25). The normalized spacial score (nSPS) is 11.0. The molecule has 3 rings (SSSR count). The van der Waals surface area contributed by atoms with E-state index in [4.69, 9.17) is 10.5 Å². The van der Waals surface area contributed by atoms with Gasteiger partial charge in [-0.3, -0.25) is 4.79 Å². The van der Waals surface area contributed by atoms with Crippen LogP contribution in [0, 0.1) is 0 Å². The van der Waals surface area contributed by atoms with E-state index in [1.165, 1.54) is 0 Å². The maximum Gasteiger partial charge on any atom is 0.316 e. The molecule has 0 amide bonds. The Morgan fingerprint density at radius 2 is 1.63 bits per heavy atom. The number of rotatable bonds is 6. The zero-order valence-corrected chi connectivity index (χ0v) is 15.2. The van der Waals surface area contributed by atoms with Crippen LogP contribution in [-0.4, -0.2) is 20.9 Å². The highest BCUT2D eigenvalue weighted by atomic mass is 16.5. The van der Waals surface area contributed by atoms with Crippen LogP contribution in [0.1, 0.15) is 25.2 Å². The highest BCUT2D eigenvalue weighted by Crippen LogP contribution is 2.25. The summed E-state index contributed by atoms with van der Waals surface area (Å²) in [5.74, 6) is 0.252. The predicted octanol–water partition coefficient (Wildman–Crippen LogP) is 3.22. The Balaban J connectivity index is 1.70. The second-order valence-electron chi connectivity index (χ2n) is 6.49. The lowest BCUT2D eigenvalue weighted by Crippen LogP contribution is -2.31. The molecule has 0 atom stereocenters. The number of nitrogen functional groups attached to an aromatic ring is 1.